The van der Waals surface area contributed by atoms with Gasteiger partial charge in [-0.3, -0.25) is 14.4 Å². The summed E-state index contributed by atoms with van der Waals surface area (Å²) in [6.45, 7) is 6.55. The molecule has 0 aromatic carbocycles. The molecule has 0 fully saturated rings. The molecule has 302 valence electrons. The summed E-state index contributed by atoms with van der Waals surface area (Å²) in [5.41, 5.74) is 0. The lowest BCUT2D eigenvalue weighted by Crippen LogP contribution is -2.30. The van der Waals surface area contributed by atoms with Crippen molar-refractivity contribution in [2.24, 2.45) is 0 Å². The van der Waals surface area contributed by atoms with Gasteiger partial charge in [0, 0.05) is 19.3 Å². The topological polar surface area (TPSA) is 78.9 Å². The average molecular weight is 723 g/mol. The highest BCUT2D eigenvalue weighted by Gasteiger charge is 2.19. The SMILES string of the molecule is CCCCCCCCCCCCCCCCCCCCCC(=O)O[C@H](COC(=O)CCCCCCC)COC(=O)CCCCCCCCCCC. The molecule has 0 aromatic rings. The molecule has 0 aliphatic carbocycles. The molecule has 51 heavy (non-hydrogen) atoms. The van der Waals surface area contributed by atoms with Crippen molar-refractivity contribution in [3.8, 4) is 0 Å². The zero-order chi connectivity index (χ0) is 37.3. The fraction of sp³-hybridized carbons (Fsp3) is 0.933. The number of hydrogen-bond donors (Lipinski definition) is 0. The van der Waals surface area contributed by atoms with E-state index in [9.17, 15) is 14.4 Å². The lowest BCUT2D eigenvalue weighted by atomic mass is 10.0. The first-order chi connectivity index (χ1) is 25.0. The molecule has 0 saturated heterocycles. The molecule has 0 aliphatic rings. The fourth-order valence-corrected chi connectivity index (χ4v) is 6.68. The van der Waals surface area contributed by atoms with Gasteiger partial charge in [-0.1, -0.05) is 213 Å². The summed E-state index contributed by atoms with van der Waals surface area (Å²) in [4.78, 5) is 37.3. The van der Waals surface area contributed by atoms with E-state index in [0.717, 1.165) is 64.2 Å². The molecule has 0 unspecified atom stereocenters. The van der Waals surface area contributed by atoms with E-state index in [1.54, 1.807) is 0 Å². The van der Waals surface area contributed by atoms with E-state index in [-0.39, 0.29) is 31.1 Å². The van der Waals surface area contributed by atoms with Gasteiger partial charge in [0.15, 0.2) is 6.10 Å². The molecule has 0 bridgehead atoms. The van der Waals surface area contributed by atoms with Crippen LogP contribution in [0, 0.1) is 0 Å². The maximum absolute atomic E-state index is 12.6. The molecule has 0 N–H and O–H groups in total. The highest BCUT2D eigenvalue weighted by atomic mass is 16.6. The van der Waals surface area contributed by atoms with Crippen LogP contribution < -0.4 is 0 Å². The Morgan fingerprint density at radius 2 is 0.529 bits per heavy atom. The van der Waals surface area contributed by atoms with Crippen molar-refractivity contribution in [1.29, 1.82) is 0 Å². The van der Waals surface area contributed by atoms with E-state index in [1.807, 2.05) is 0 Å². The minimum absolute atomic E-state index is 0.0645. The van der Waals surface area contributed by atoms with Gasteiger partial charge in [0.1, 0.15) is 13.2 Å². The maximum atomic E-state index is 12.6. The quantitative estimate of drug-likeness (QED) is 0.0355. The van der Waals surface area contributed by atoms with Gasteiger partial charge in [0.25, 0.3) is 0 Å². The molecule has 0 spiro atoms. The summed E-state index contributed by atoms with van der Waals surface area (Å²) < 4.78 is 16.6. The average Bonchev–Trinajstić information content (AvgIpc) is 3.12. The highest BCUT2D eigenvalue weighted by Crippen LogP contribution is 2.16. The number of unbranched alkanes of at least 4 members (excludes halogenated alkanes) is 30. The molecule has 0 aliphatic heterocycles. The third-order valence-corrected chi connectivity index (χ3v) is 10.1. The highest BCUT2D eigenvalue weighted by molar-refractivity contribution is 5.71. The monoisotopic (exact) mass is 723 g/mol. The van der Waals surface area contributed by atoms with Gasteiger partial charge in [-0.2, -0.15) is 0 Å². The van der Waals surface area contributed by atoms with Crippen LogP contribution in [0.4, 0.5) is 0 Å². The lowest BCUT2D eigenvalue weighted by molar-refractivity contribution is -0.167. The minimum atomic E-state index is -0.756. The maximum Gasteiger partial charge on any atom is 0.306 e. The second-order valence-electron chi connectivity index (χ2n) is 15.3. The number of ether oxygens (including phenoxy) is 3. The van der Waals surface area contributed by atoms with Crippen molar-refractivity contribution < 1.29 is 28.6 Å². The van der Waals surface area contributed by atoms with Gasteiger partial charge in [-0.15, -0.1) is 0 Å². The van der Waals surface area contributed by atoms with Gasteiger partial charge in [-0.05, 0) is 19.3 Å². The van der Waals surface area contributed by atoms with Gasteiger partial charge >= 0.3 is 17.9 Å². The molecule has 0 heterocycles. The Bertz CT molecular complexity index is 753. The molecule has 0 aromatic heterocycles. The number of esters is 3. The second-order valence-corrected chi connectivity index (χ2v) is 15.3. The van der Waals surface area contributed by atoms with Crippen molar-refractivity contribution in [3.05, 3.63) is 0 Å². The summed E-state index contributed by atoms with van der Waals surface area (Å²) in [5, 5.41) is 0. The molecule has 6 nitrogen and oxygen atoms in total. The zero-order valence-corrected chi connectivity index (χ0v) is 34.4. The second kappa shape index (κ2) is 41.2. The Balaban J connectivity index is 4.10. The fourth-order valence-electron chi connectivity index (χ4n) is 6.68. The van der Waals surface area contributed by atoms with E-state index in [1.165, 1.54) is 148 Å². The van der Waals surface area contributed by atoms with Crippen LogP contribution in [0.2, 0.25) is 0 Å². The standard InChI is InChI=1S/C45H86O6/c1-4-7-10-13-15-17-18-19-20-21-22-23-24-25-26-28-30-33-36-39-45(48)51-42(40-49-43(46)37-34-31-12-9-6-3)41-50-44(47)38-35-32-29-27-16-14-11-8-5-2/h42H,4-41H2,1-3H3/t42-/m1/s1. The van der Waals surface area contributed by atoms with Gasteiger partial charge in [0.2, 0.25) is 0 Å². The summed E-state index contributed by atoms with van der Waals surface area (Å²) in [7, 11) is 0. The van der Waals surface area contributed by atoms with E-state index in [2.05, 4.69) is 20.8 Å². The molecule has 6 heteroatoms. The molecule has 0 amide bonds. The zero-order valence-electron chi connectivity index (χ0n) is 34.4. The van der Waals surface area contributed by atoms with Gasteiger partial charge < -0.3 is 14.2 Å². The van der Waals surface area contributed by atoms with Crippen molar-refractivity contribution in [2.45, 2.75) is 258 Å². The Hall–Kier alpha value is -1.59. The first-order valence-corrected chi connectivity index (χ1v) is 22.5. The van der Waals surface area contributed by atoms with E-state index < -0.39 is 6.10 Å². The van der Waals surface area contributed by atoms with Crippen LogP contribution in [0.15, 0.2) is 0 Å². The van der Waals surface area contributed by atoms with Crippen LogP contribution in [-0.2, 0) is 28.6 Å². The third kappa shape index (κ3) is 39.5. The Labute approximate surface area is 317 Å². The predicted molar refractivity (Wildman–Crippen MR) is 215 cm³/mol. The molecular formula is C45H86O6. The molecule has 1 atom stereocenters. The van der Waals surface area contributed by atoms with Crippen molar-refractivity contribution >= 4 is 17.9 Å². The van der Waals surface area contributed by atoms with Crippen molar-refractivity contribution in [3.63, 3.8) is 0 Å². The number of carbonyl (C=O) groups excluding carboxylic acids is 3. The van der Waals surface area contributed by atoms with Crippen LogP contribution in [0.3, 0.4) is 0 Å². The largest absolute Gasteiger partial charge is 0.462 e. The third-order valence-electron chi connectivity index (χ3n) is 10.1. The number of rotatable bonds is 41. The number of carbonyl (C=O) groups is 3. The Kier molecular flexibility index (Phi) is 39.9. The smallest absolute Gasteiger partial charge is 0.306 e. The van der Waals surface area contributed by atoms with Crippen molar-refractivity contribution in [1.82, 2.24) is 0 Å². The molecular weight excluding hydrogens is 636 g/mol. The predicted octanol–water partition coefficient (Wildman–Crippen LogP) is 14.1. The molecule has 0 radical (unpaired) electrons. The summed E-state index contributed by atoms with van der Waals surface area (Å²) in [5.74, 6) is -0.870. The van der Waals surface area contributed by atoms with Crippen molar-refractivity contribution in [2.75, 3.05) is 13.2 Å². The summed E-state index contributed by atoms with van der Waals surface area (Å²) in [6, 6.07) is 0. The minimum Gasteiger partial charge on any atom is -0.462 e. The Morgan fingerprint density at radius 3 is 0.784 bits per heavy atom. The van der Waals surface area contributed by atoms with E-state index in [0.29, 0.717) is 19.3 Å². The van der Waals surface area contributed by atoms with Crippen LogP contribution in [0.5, 0.6) is 0 Å². The van der Waals surface area contributed by atoms with Gasteiger partial charge in [0.05, 0.1) is 0 Å². The lowest BCUT2D eigenvalue weighted by Gasteiger charge is -2.18. The summed E-state index contributed by atoms with van der Waals surface area (Å²) in [6.07, 6.45) is 41.2. The van der Waals surface area contributed by atoms with Crippen LogP contribution in [-0.4, -0.2) is 37.2 Å². The van der Waals surface area contributed by atoms with E-state index in [4.69, 9.17) is 14.2 Å². The van der Waals surface area contributed by atoms with Crippen LogP contribution in [0.1, 0.15) is 252 Å². The number of hydrogen-bond acceptors (Lipinski definition) is 6. The molecule has 0 rings (SSSR count). The van der Waals surface area contributed by atoms with Crippen LogP contribution in [0.25, 0.3) is 0 Å². The normalized spacial score (nSPS) is 11.8. The first kappa shape index (κ1) is 49.4. The first-order valence-electron chi connectivity index (χ1n) is 22.5. The van der Waals surface area contributed by atoms with E-state index >= 15 is 0 Å². The van der Waals surface area contributed by atoms with Gasteiger partial charge in [-0.25, -0.2) is 0 Å². The van der Waals surface area contributed by atoms with Crippen LogP contribution >= 0.6 is 0 Å². The Morgan fingerprint density at radius 1 is 0.314 bits per heavy atom. The summed E-state index contributed by atoms with van der Waals surface area (Å²) >= 11 is 0. The molecule has 0 saturated carbocycles.